The van der Waals surface area contributed by atoms with Crippen molar-refractivity contribution >= 4 is 11.7 Å². The average molecular weight is 252 g/mol. The number of carbonyl (C=O) groups is 2. The number of Topliss-reactive ketones (excluding diaryl/α,β-unsaturated/α-hetero) is 1. The minimum atomic E-state index is 0.216. The van der Waals surface area contributed by atoms with Crippen molar-refractivity contribution in [3.63, 3.8) is 0 Å². The van der Waals surface area contributed by atoms with Gasteiger partial charge in [0.1, 0.15) is 5.78 Å². The maximum absolute atomic E-state index is 12.1. The first kappa shape index (κ1) is 13.5. The molecule has 1 heterocycles. The van der Waals surface area contributed by atoms with Crippen LogP contribution in [-0.2, 0) is 9.59 Å². The van der Waals surface area contributed by atoms with E-state index in [2.05, 4.69) is 4.90 Å². The summed E-state index contributed by atoms with van der Waals surface area (Å²) in [6, 6.07) is 0.765. The molecular formula is C14H24N2O2. The predicted molar refractivity (Wildman–Crippen MR) is 70.3 cm³/mol. The second kappa shape index (κ2) is 5.83. The van der Waals surface area contributed by atoms with Crippen LogP contribution in [0, 0.1) is 0 Å². The zero-order chi connectivity index (χ0) is 13.1. The number of piperidine rings is 1. The first-order valence-electron chi connectivity index (χ1n) is 7.07. The minimum absolute atomic E-state index is 0.216. The number of hydrogen-bond donors (Lipinski definition) is 0. The Bertz CT molecular complexity index is 326. The van der Waals surface area contributed by atoms with E-state index in [9.17, 15) is 9.59 Å². The highest BCUT2D eigenvalue weighted by atomic mass is 16.2. The van der Waals surface area contributed by atoms with Crippen LogP contribution in [0.2, 0.25) is 0 Å². The van der Waals surface area contributed by atoms with Crippen molar-refractivity contribution in [2.75, 3.05) is 20.1 Å². The number of carbonyl (C=O) groups excluding carboxylic acids is 2. The molecule has 1 aliphatic carbocycles. The van der Waals surface area contributed by atoms with Crippen molar-refractivity contribution in [1.82, 2.24) is 9.80 Å². The molecule has 1 amide bonds. The van der Waals surface area contributed by atoms with E-state index in [-0.39, 0.29) is 17.7 Å². The van der Waals surface area contributed by atoms with Gasteiger partial charge in [-0.05, 0) is 39.2 Å². The van der Waals surface area contributed by atoms with E-state index in [4.69, 9.17) is 0 Å². The minimum Gasteiger partial charge on any atom is -0.342 e. The molecule has 0 aromatic heterocycles. The maximum Gasteiger partial charge on any atom is 0.236 e. The Morgan fingerprint density at radius 1 is 1.22 bits per heavy atom. The molecule has 1 aliphatic heterocycles. The second-order valence-electron chi connectivity index (χ2n) is 5.76. The normalized spacial score (nSPS) is 24.9. The van der Waals surface area contributed by atoms with Crippen LogP contribution < -0.4 is 0 Å². The third-order valence-corrected chi connectivity index (χ3v) is 4.10. The van der Waals surface area contributed by atoms with Gasteiger partial charge in [-0.2, -0.15) is 0 Å². The second-order valence-corrected chi connectivity index (χ2v) is 5.76. The van der Waals surface area contributed by atoms with Gasteiger partial charge in [0.05, 0.1) is 6.54 Å². The number of likely N-dealkylation sites (N-methyl/N-ethyl adjacent to an activating group) is 1. The average Bonchev–Trinajstić information content (AvgIpc) is 3.14. The summed E-state index contributed by atoms with van der Waals surface area (Å²) >= 11 is 0. The van der Waals surface area contributed by atoms with Crippen LogP contribution in [-0.4, -0.2) is 53.7 Å². The summed E-state index contributed by atoms with van der Waals surface area (Å²) in [6.07, 6.45) is 6.29. The molecular weight excluding hydrogens is 228 g/mol. The molecule has 0 radical (unpaired) electrons. The zero-order valence-corrected chi connectivity index (χ0v) is 11.5. The van der Waals surface area contributed by atoms with E-state index < -0.39 is 0 Å². The standard InChI is InChI=1S/C14H24N2O2/c1-11(17)9-13-5-3-4-8-16(13)10-14(18)15(2)12-6-7-12/h12-13H,3-10H2,1-2H3. The number of hydrogen-bond acceptors (Lipinski definition) is 3. The molecule has 1 saturated carbocycles. The fourth-order valence-corrected chi connectivity index (χ4v) is 2.78. The molecule has 18 heavy (non-hydrogen) atoms. The van der Waals surface area contributed by atoms with Gasteiger partial charge in [0, 0.05) is 25.6 Å². The number of nitrogens with zero attached hydrogens (tertiary/aromatic N) is 2. The van der Waals surface area contributed by atoms with Crippen LogP contribution >= 0.6 is 0 Å². The summed E-state index contributed by atoms with van der Waals surface area (Å²) in [7, 11) is 1.91. The topological polar surface area (TPSA) is 40.6 Å². The molecule has 4 heteroatoms. The third-order valence-electron chi connectivity index (χ3n) is 4.10. The van der Waals surface area contributed by atoms with Gasteiger partial charge in [0.2, 0.25) is 5.91 Å². The highest BCUT2D eigenvalue weighted by Crippen LogP contribution is 2.26. The summed E-state index contributed by atoms with van der Waals surface area (Å²) in [5, 5.41) is 0. The van der Waals surface area contributed by atoms with E-state index in [0.29, 0.717) is 19.0 Å². The van der Waals surface area contributed by atoms with Gasteiger partial charge < -0.3 is 4.90 Å². The van der Waals surface area contributed by atoms with Gasteiger partial charge in [0.15, 0.2) is 0 Å². The molecule has 1 saturated heterocycles. The molecule has 4 nitrogen and oxygen atoms in total. The Morgan fingerprint density at radius 2 is 1.94 bits per heavy atom. The van der Waals surface area contributed by atoms with Gasteiger partial charge >= 0.3 is 0 Å². The van der Waals surface area contributed by atoms with Gasteiger partial charge in [-0.25, -0.2) is 0 Å². The van der Waals surface area contributed by atoms with Crippen molar-refractivity contribution in [1.29, 1.82) is 0 Å². The Labute approximate surface area is 109 Å². The summed E-state index contributed by atoms with van der Waals surface area (Å²) < 4.78 is 0. The quantitative estimate of drug-likeness (QED) is 0.743. The molecule has 2 rings (SSSR count). The molecule has 0 aromatic rings. The van der Waals surface area contributed by atoms with Gasteiger partial charge in [-0.1, -0.05) is 6.42 Å². The number of rotatable bonds is 5. The fourth-order valence-electron chi connectivity index (χ4n) is 2.78. The molecule has 1 atom stereocenters. The first-order chi connectivity index (χ1) is 8.58. The predicted octanol–water partition coefficient (Wildman–Crippen LogP) is 1.44. The number of likely N-dealkylation sites (tertiary alicyclic amines) is 1. The summed E-state index contributed by atoms with van der Waals surface area (Å²) in [6.45, 7) is 3.10. The molecule has 0 bridgehead atoms. The van der Waals surface area contributed by atoms with Crippen LogP contribution in [0.1, 0.15) is 45.4 Å². The van der Waals surface area contributed by atoms with E-state index in [1.807, 2.05) is 11.9 Å². The molecule has 0 N–H and O–H groups in total. The SMILES string of the molecule is CC(=O)CC1CCCCN1CC(=O)N(C)C1CC1. The first-order valence-corrected chi connectivity index (χ1v) is 7.07. The van der Waals surface area contributed by atoms with Crippen LogP contribution in [0.5, 0.6) is 0 Å². The third kappa shape index (κ3) is 3.55. The van der Waals surface area contributed by atoms with E-state index >= 15 is 0 Å². The Hall–Kier alpha value is -0.900. The van der Waals surface area contributed by atoms with E-state index in [0.717, 1.165) is 32.2 Å². The van der Waals surface area contributed by atoms with Crippen molar-refractivity contribution < 1.29 is 9.59 Å². The Morgan fingerprint density at radius 3 is 2.56 bits per heavy atom. The molecule has 2 aliphatic rings. The van der Waals surface area contributed by atoms with Gasteiger partial charge in [-0.3, -0.25) is 14.5 Å². The molecule has 102 valence electrons. The highest BCUT2D eigenvalue weighted by Gasteiger charge is 2.32. The summed E-state index contributed by atoms with van der Waals surface area (Å²) in [5.41, 5.74) is 0. The zero-order valence-electron chi connectivity index (χ0n) is 11.5. The van der Waals surface area contributed by atoms with Crippen LogP contribution in [0.3, 0.4) is 0 Å². The Balaban J connectivity index is 1.87. The van der Waals surface area contributed by atoms with Crippen molar-refractivity contribution in [3.8, 4) is 0 Å². The molecule has 1 unspecified atom stereocenters. The van der Waals surface area contributed by atoms with E-state index in [1.165, 1.54) is 6.42 Å². The van der Waals surface area contributed by atoms with Crippen molar-refractivity contribution in [3.05, 3.63) is 0 Å². The molecule has 0 aromatic carbocycles. The van der Waals surface area contributed by atoms with Gasteiger partial charge in [0.25, 0.3) is 0 Å². The number of amides is 1. The van der Waals surface area contributed by atoms with Gasteiger partial charge in [-0.15, -0.1) is 0 Å². The monoisotopic (exact) mass is 252 g/mol. The lowest BCUT2D eigenvalue weighted by Gasteiger charge is -2.35. The lowest BCUT2D eigenvalue weighted by Crippen LogP contribution is -2.47. The fraction of sp³-hybridized carbons (Fsp3) is 0.857. The van der Waals surface area contributed by atoms with Crippen molar-refractivity contribution in [2.45, 2.75) is 57.5 Å². The van der Waals surface area contributed by atoms with Crippen LogP contribution in [0.15, 0.2) is 0 Å². The van der Waals surface area contributed by atoms with Crippen LogP contribution in [0.4, 0.5) is 0 Å². The molecule has 0 spiro atoms. The smallest absolute Gasteiger partial charge is 0.236 e. The lowest BCUT2D eigenvalue weighted by atomic mass is 9.98. The highest BCUT2D eigenvalue weighted by molar-refractivity contribution is 5.79. The lowest BCUT2D eigenvalue weighted by molar-refractivity contribution is -0.133. The maximum atomic E-state index is 12.1. The Kier molecular flexibility index (Phi) is 4.38. The molecule has 2 fully saturated rings. The van der Waals surface area contributed by atoms with Crippen molar-refractivity contribution in [2.24, 2.45) is 0 Å². The van der Waals surface area contributed by atoms with Crippen LogP contribution in [0.25, 0.3) is 0 Å². The number of ketones is 1. The summed E-state index contributed by atoms with van der Waals surface area (Å²) in [5.74, 6) is 0.447. The largest absolute Gasteiger partial charge is 0.342 e. The van der Waals surface area contributed by atoms with E-state index in [1.54, 1.807) is 6.92 Å². The summed E-state index contributed by atoms with van der Waals surface area (Å²) in [4.78, 5) is 27.5.